The Kier molecular flexibility index (Phi) is 7.35. The summed E-state index contributed by atoms with van der Waals surface area (Å²) in [5.41, 5.74) is 0.396. The lowest BCUT2D eigenvalue weighted by Crippen LogP contribution is -2.65. The lowest BCUT2D eigenvalue weighted by Gasteiger charge is -2.50. The molecule has 0 saturated carbocycles. The second-order valence-electron chi connectivity index (χ2n) is 10.4. The summed E-state index contributed by atoms with van der Waals surface area (Å²) in [5.74, 6) is -0.731. The summed E-state index contributed by atoms with van der Waals surface area (Å²) in [4.78, 5) is 29.8. The molecule has 3 aliphatic heterocycles. The van der Waals surface area contributed by atoms with Crippen LogP contribution in [-0.2, 0) is 18.8 Å². The van der Waals surface area contributed by atoms with Gasteiger partial charge in [-0.25, -0.2) is 4.79 Å². The smallest absolute Gasteiger partial charge is 0.356 e. The maximum Gasteiger partial charge on any atom is 0.356 e. The van der Waals surface area contributed by atoms with Crippen molar-refractivity contribution >= 4 is 49.2 Å². The first-order valence-corrected chi connectivity index (χ1v) is 15.5. The number of fused-ring (bicyclic) bond motifs is 1. The van der Waals surface area contributed by atoms with Crippen LogP contribution in [0.4, 0.5) is 0 Å². The van der Waals surface area contributed by atoms with Gasteiger partial charge in [-0.15, -0.1) is 11.8 Å². The molecular weight excluding hydrogens is 460 g/mol. The topological polar surface area (TPSA) is 67.9 Å². The normalized spacial score (nSPS) is 28.9. The highest BCUT2D eigenvalue weighted by Crippen LogP contribution is 2.53. The second kappa shape index (κ2) is 9.23. The molecule has 0 spiro atoms. The number of hydrogen-bond donors (Lipinski definition) is 1. The number of carbonyl (C=O) groups is 2. The summed E-state index contributed by atoms with van der Waals surface area (Å²) >= 11 is 6.95. The van der Waals surface area contributed by atoms with Crippen LogP contribution in [0.5, 0.6) is 0 Å². The van der Waals surface area contributed by atoms with Gasteiger partial charge in [-0.1, -0.05) is 52.6 Å². The van der Waals surface area contributed by atoms with E-state index in [4.69, 9.17) is 21.4 Å². The summed E-state index contributed by atoms with van der Waals surface area (Å²) in [6.07, 6.45) is 2.11. The predicted molar refractivity (Wildman–Crippen MR) is 136 cm³/mol. The van der Waals surface area contributed by atoms with Crippen molar-refractivity contribution in [3.63, 3.8) is 0 Å². The number of nitrogens with one attached hydrogen (secondary N) is 1. The third kappa shape index (κ3) is 4.58. The molecule has 1 N–H and O–H groups in total. The minimum absolute atomic E-state index is 0.0358. The number of esters is 1. The zero-order valence-corrected chi connectivity index (χ0v) is 22.8. The number of amides is 1. The highest BCUT2D eigenvalue weighted by Gasteiger charge is 2.61. The van der Waals surface area contributed by atoms with Crippen LogP contribution in [0.25, 0.3) is 0 Å². The van der Waals surface area contributed by atoms with Gasteiger partial charge in [0, 0.05) is 29.0 Å². The van der Waals surface area contributed by atoms with E-state index >= 15 is 0 Å². The molecule has 0 aromatic carbocycles. The molecule has 2 saturated heterocycles. The molecule has 0 aromatic heterocycles. The van der Waals surface area contributed by atoms with Gasteiger partial charge in [-0.3, -0.25) is 4.79 Å². The average molecular weight is 497 g/mol. The summed E-state index contributed by atoms with van der Waals surface area (Å²) < 4.78 is 12.0. The van der Waals surface area contributed by atoms with E-state index in [1.165, 1.54) is 6.08 Å². The van der Waals surface area contributed by atoms with Gasteiger partial charge in [0.1, 0.15) is 12.3 Å². The van der Waals surface area contributed by atoms with Crippen LogP contribution < -0.4 is 5.32 Å². The quantitative estimate of drug-likeness (QED) is 0.177. The van der Waals surface area contributed by atoms with Crippen LogP contribution in [0.3, 0.4) is 0 Å². The van der Waals surface area contributed by atoms with E-state index < -0.39 is 14.3 Å². The Balaban J connectivity index is 1.85. The van der Waals surface area contributed by atoms with Crippen LogP contribution >= 0.6 is 24.0 Å². The highest BCUT2D eigenvalue weighted by molar-refractivity contribution is 8.03. The average Bonchev–Trinajstić information content (AvgIpc) is 3.18. The first kappa shape index (κ1) is 25.5. The molecule has 3 rings (SSSR count). The molecule has 3 aliphatic rings. The predicted octanol–water partition coefficient (Wildman–Crippen LogP) is 4.24. The van der Waals surface area contributed by atoms with Crippen molar-refractivity contribution in [1.29, 1.82) is 0 Å². The zero-order valence-electron chi connectivity index (χ0n) is 20.2. The molecule has 6 nitrogen and oxygen atoms in total. The van der Waals surface area contributed by atoms with Crippen molar-refractivity contribution in [1.82, 2.24) is 10.2 Å². The van der Waals surface area contributed by atoms with Crippen LogP contribution in [0.15, 0.2) is 23.3 Å². The molecule has 0 aliphatic carbocycles. The van der Waals surface area contributed by atoms with Gasteiger partial charge < -0.3 is 19.4 Å². The summed E-state index contributed by atoms with van der Waals surface area (Å²) in [7, 11) is -2.03. The summed E-state index contributed by atoms with van der Waals surface area (Å²) in [5, 5.41) is 3.52. The molecule has 178 valence electrons. The summed E-state index contributed by atoms with van der Waals surface area (Å²) in [6.45, 7) is 19.6. The number of carbonyl (C=O) groups excluding carboxylic acids is 2. The van der Waals surface area contributed by atoms with Crippen LogP contribution in [0.1, 0.15) is 41.0 Å². The Morgan fingerprint density at radius 1 is 1.44 bits per heavy atom. The first-order valence-electron chi connectivity index (χ1n) is 11.3. The third-order valence-corrected chi connectivity index (χ3v) is 13.5. The van der Waals surface area contributed by atoms with Gasteiger partial charge in [0.15, 0.2) is 8.32 Å². The molecule has 0 unspecified atom stereocenters. The van der Waals surface area contributed by atoms with E-state index in [0.29, 0.717) is 5.70 Å². The standard InChI is InChI=1S/C23H36N2O4S2Si/c1-9-10-28-22(27)19-20(31-15-11-16(30)24-12-15)13(2)18-17(21(26)25(18)19)14(3)29-32(7,8)23(4,5)6/h9,13-15,17-18H,1,10-12H2,2-8H3,(H,24,30)/t13-,14-,15-,17+,18-/m1/s1. The van der Waals surface area contributed by atoms with Gasteiger partial charge in [-0.2, -0.15) is 0 Å². The van der Waals surface area contributed by atoms with Crippen LogP contribution in [-0.4, -0.2) is 60.6 Å². The van der Waals surface area contributed by atoms with Gasteiger partial charge in [0.05, 0.1) is 23.1 Å². The van der Waals surface area contributed by atoms with Crippen molar-refractivity contribution in [3.8, 4) is 0 Å². The van der Waals surface area contributed by atoms with Crippen molar-refractivity contribution in [2.24, 2.45) is 11.8 Å². The molecule has 0 bridgehead atoms. The largest absolute Gasteiger partial charge is 0.457 e. The number of thiocarbonyl (C=S) groups is 1. The molecule has 32 heavy (non-hydrogen) atoms. The van der Waals surface area contributed by atoms with Crippen molar-refractivity contribution in [3.05, 3.63) is 23.3 Å². The van der Waals surface area contributed by atoms with E-state index in [9.17, 15) is 9.59 Å². The van der Waals surface area contributed by atoms with Gasteiger partial charge >= 0.3 is 5.97 Å². The van der Waals surface area contributed by atoms with E-state index in [-0.39, 0.29) is 46.8 Å². The fourth-order valence-corrected chi connectivity index (χ4v) is 7.66. The van der Waals surface area contributed by atoms with Crippen molar-refractivity contribution < 1.29 is 18.8 Å². The van der Waals surface area contributed by atoms with E-state index in [1.807, 2.05) is 6.92 Å². The van der Waals surface area contributed by atoms with E-state index in [2.05, 4.69) is 52.7 Å². The molecule has 0 radical (unpaired) electrons. The number of ether oxygens (including phenoxy) is 1. The fraction of sp³-hybridized carbons (Fsp3) is 0.696. The maximum atomic E-state index is 13.3. The number of thioether (sulfide) groups is 1. The Hall–Kier alpha value is -1.16. The van der Waals surface area contributed by atoms with Crippen LogP contribution in [0.2, 0.25) is 18.1 Å². The number of hydrogen-bond acceptors (Lipinski definition) is 6. The molecule has 3 heterocycles. The van der Waals surface area contributed by atoms with E-state index in [1.54, 1.807) is 16.7 Å². The molecule has 5 atom stereocenters. The van der Waals surface area contributed by atoms with E-state index in [0.717, 1.165) is 22.9 Å². The monoisotopic (exact) mass is 496 g/mol. The lowest BCUT2D eigenvalue weighted by atomic mass is 9.79. The van der Waals surface area contributed by atoms with Gasteiger partial charge in [0.25, 0.3) is 0 Å². The minimum Gasteiger partial charge on any atom is -0.457 e. The lowest BCUT2D eigenvalue weighted by molar-refractivity contribution is -0.163. The number of β-lactam (4-membered cyclic amide) rings is 1. The second-order valence-corrected chi connectivity index (χ2v) is 17.0. The highest BCUT2D eigenvalue weighted by atomic mass is 32.2. The van der Waals surface area contributed by atoms with Crippen LogP contribution in [0, 0.1) is 11.8 Å². The fourth-order valence-electron chi connectivity index (χ4n) is 4.42. The SMILES string of the molecule is C=CCOC(=O)C1=C(S[C@H]2CNC(=S)C2)[C@H](C)[C@@H]2[C@H]([C@@H](C)O[Si](C)(C)C(C)(C)C)C(=O)N12. The maximum absolute atomic E-state index is 13.3. The Morgan fingerprint density at radius 2 is 2.09 bits per heavy atom. The zero-order chi connectivity index (χ0) is 24.0. The Morgan fingerprint density at radius 3 is 2.62 bits per heavy atom. The molecular formula is C23H36N2O4S2Si. The Bertz CT molecular complexity index is 851. The number of nitrogens with zero attached hydrogens (tertiary/aromatic N) is 1. The van der Waals surface area contributed by atoms with Crippen molar-refractivity contribution in [2.75, 3.05) is 13.2 Å². The van der Waals surface area contributed by atoms with Gasteiger partial charge in [-0.05, 0) is 25.1 Å². The molecule has 9 heteroatoms. The van der Waals surface area contributed by atoms with Crippen molar-refractivity contribution in [2.45, 2.75) is 76.6 Å². The first-order chi connectivity index (χ1) is 14.8. The molecule has 2 fully saturated rings. The minimum atomic E-state index is -2.03. The molecule has 1 amide bonds. The number of rotatable bonds is 8. The van der Waals surface area contributed by atoms with Gasteiger partial charge in [0.2, 0.25) is 5.91 Å². The summed E-state index contributed by atoms with van der Waals surface area (Å²) in [6, 6.07) is -0.0858. The Labute approximate surface area is 202 Å². The third-order valence-electron chi connectivity index (χ3n) is 7.14. The molecule has 0 aromatic rings.